The van der Waals surface area contributed by atoms with Crippen LogP contribution < -0.4 is 10.6 Å². The van der Waals surface area contributed by atoms with Crippen LogP contribution in [0.25, 0.3) is 10.9 Å². The number of rotatable bonds is 7. The summed E-state index contributed by atoms with van der Waals surface area (Å²) in [6, 6.07) is 8.06. The summed E-state index contributed by atoms with van der Waals surface area (Å²) in [6.07, 6.45) is 1.32. The Kier molecular flexibility index (Phi) is 9.61. The first-order valence-corrected chi connectivity index (χ1v) is 11.5. The molecule has 2 N–H and O–H groups in total. The second-order valence-electron chi connectivity index (χ2n) is 8.81. The van der Waals surface area contributed by atoms with Gasteiger partial charge in [0.15, 0.2) is 5.78 Å². The predicted molar refractivity (Wildman–Crippen MR) is 132 cm³/mol. The number of amides is 2. The lowest BCUT2D eigenvalue weighted by atomic mass is 9.95. The molecule has 2 unspecified atom stereocenters. The SMILES string of the molecule is CCC(C)C(=O)C1CC(F)(F)CN1C(=O)CNC(=O)c1ccnc2ccccc12.CNC(C)C.[HH].[HH]. The third kappa shape index (κ3) is 7.03. The molecule has 0 spiro atoms. The number of benzene rings is 1. The van der Waals surface area contributed by atoms with E-state index in [2.05, 4.69) is 29.5 Å². The van der Waals surface area contributed by atoms with Crippen LogP contribution in [0, 0.1) is 5.92 Å². The van der Waals surface area contributed by atoms with Crippen LogP contribution in [0.2, 0.25) is 0 Å². The summed E-state index contributed by atoms with van der Waals surface area (Å²) >= 11 is 0. The van der Waals surface area contributed by atoms with Gasteiger partial charge in [0.05, 0.1) is 30.2 Å². The predicted octanol–water partition coefficient (Wildman–Crippen LogP) is 3.92. The number of likely N-dealkylation sites (tertiary alicyclic amines) is 1. The quantitative estimate of drug-likeness (QED) is 0.627. The maximum absolute atomic E-state index is 13.9. The number of aromatic nitrogens is 1. The molecule has 1 aromatic carbocycles. The third-order valence-electron chi connectivity index (χ3n) is 5.89. The largest absolute Gasteiger partial charge is 0.343 e. The van der Waals surface area contributed by atoms with Crippen molar-refractivity contribution in [3.63, 3.8) is 0 Å². The van der Waals surface area contributed by atoms with Gasteiger partial charge in [0.2, 0.25) is 5.91 Å². The average Bonchev–Trinajstić information content (AvgIpc) is 3.16. The highest BCUT2D eigenvalue weighted by Crippen LogP contribution is 2.34. The number of fused-ring (bicyclic) bond motifs is 1. The minimum Gasteiger partial charge on any atom is -0.343 e. The van der Waals surface area contributed by atoms with Gasteiger partial charge in [0, 0.05) is 32.8 Å². The Morgan fingerprint density at radius 1 is 1.21 bits per heavy atom. The minimum absolute atomic E-state index is 0. The zero-order valence-electron chi connectivity index (χ0n) is 20.4. The fourth-order valence-corrected chi connectivity index (χ4v) is 3.51. The van der Waals surface area contributed by atoms with Crippen molar-refractivity contribution in [1.29, 1.82) is 0 Å². The summed E-state index contributed by atoms with van der Waals surface area (Å²) in [6.45, 7) is 6.40. The molecule has 2 atom stereocenters. The molecule has 1 aromatic heterocycles. The number of Topliss-reactive ketones (excluding diaryl/α,β-unsaturated/α-hetero) is 1. The summed E-state index contributed by atoms with van der Waals surface area (Å²) in [5.74, 6) is -5.11. The highest BCUT2D eigenvalue weighted by molar-refractivity contribution is 6.07. The third-order valence-corrected chi connectivity index (χ3v) is 5.89. The maximum atomic E-state index is 13.9. The van der Waals surface area contributed by atoms with Crippen LogP contribution in [0.15, 0.2) is 36.5 Å². The number of carbonyl (C=O) groups excluding carboxylic acids is 3. The van der Waals surface area contributed by atoms with Crippen molar-refractivity contribution in [2.75, 3.05) is 20.1 Å². The van der Waals surface area contributed by atoms with Gasteiger partial charge in [-0.3, -0.25) is 19.4 Å². The van der Waals surface area contributed by atoms with Crippen molar-refractivity contribution in [3.05, 3.63) is 42.1 Å². The zero-order chi connectivity index (χ0) is 25.5. The summed E-state index contributed by atoms with van der Waals surface area (Å²) in [5.41, 5.74) is 0.965. The smallest absolute Gasteiger partial charge is 0.267 e. The van der Waals surface area contributed by atoms with E-state index in [1.165, 1.54) is 12.3 Å². The van der Waals surface area contributed by atoms with Crippen molar-refractivity contribution < 1.29 is 26.0 Å². The molecule has 190 valence electrons. The van der Waals surface area contributed by atoms with Gasteiger partial charge in [-0.1, -0.05) is 45.9 Å². The Hall–Kier alpha value is -2.94. The van der Waals surface area contributed by atoms with Gasteiger partial charge >= 0.3 is 0 Å². The van der Waals surface area contributed by atoms with Crippen molar-refractivity contribution in [2.45, 2.75) is 58.5 Å². The van der Waals surface area contributed by atoms with Gasteiger partial charge in [0.1, 0.15) is 0 Å². The van der Waals surface area contributed by atoms with E-state index in [0.717, 1.165) is 4.90 Å². The number of carbonyl (C=O) groups is 3. The fraction of sp³-hybridized carbons (Fsp3) is 0.520. The molecule has 2 amide bonds. The maximum Gasteiger partial charge on any atom is 0.267 e. The van der Waals surface area contributed by atoms with Gasteiger partial charge in [-0.25, -0.2) is 8.78 Å². The summed E-state index contributed by atoms with van der Waals surface area (Å²) in [4.78, 5) is 42.7. The number of hydrogen-bond acceptors (Lipinski definition) is 5. The van der Waals surface area contributed by atoms with Crippen molar-refractivity contribution >= 4 is 28.5 Å². The number of halogens is 2. The van der Waals surface area contributed by atoms with Crippen LogP contribution in [0.4, 0.5) is 8.78 Å². The zero-order valence-corrected chi connectivity index (χ0v) is 20.4. The van der Waals surface area contributed by atoms with E-state index in [1.807, 2.05) is 7.05 Å². The highest BCUT2D eigenvalue weighted by Gasteiger charge is 2.50. The lowest BCUT2D eigenvalue weighted by molar-refractivity contribution is -0.138. The van der Waals surface area contributed by atoms with E-state index in [1.54, 1.807) is 38.1 Å². The number of para-hydroxylation sites is 1. The molecule has 1 fully saturated rings. The number of ketones is 1. The molecule has 0 saturated carbocycles. The first-order valence-electron chi connectivity index (χ1n) is 11.5. The molecule has 0 aliphatic carbocycles. The number of pyridine rings is 1. The molecule has 0 radical (unpaired) electrons. The molecule has 7 nitrogen and oxygen atoms in total. The van der Waals surface area contributed by atoms with Crippen LogP contribution in [0.3, 0.4) is 0 Å². The number of nitrogens with one attached hydrogen (secondary N) is 2. The van der Waals surface area contributed by atoms with Crippen molar-refractivity contribution in [1.82, 2.24) is 20.5 Å². The summed E-state index contributed by atoms with van der Waals surface area (Å²) in [7, 11) is 1.95. The van der Waals surface area contributed by atoms with Gasteiger partial charge in [-0.15, -0.1) is 0 Å². The lowest BCUT2D eigenvalue weighted by Crippen LogP contribution is -2.47. The monoisotopic (exact) mass is 480 g/mol. The first-order chi connectivity index (χ1) is 16.0. The minimum atomic E-state index is -3.12. The fourth-order valence-electron chi connectivity index (χ4n) is 3.51. The van der Waals surface area contributed by atoms with Crippen molar-refractivity contribution in [3.8, 4) is 0 Å². The summed E-state index contributed by atoms with van der Waals surface area (Å²) < 4.78 is 27.9. The Morgan fingerprint density at radius 2 is 1.85 bits per heavy atom. The van der Waals surface area contributed by atoms with Crippen LogP contribution in [0.5, 0.6) is 0 Å². The highest BCUT2D eigenvalue weighted by atomic mass is 19.3. The van der Waals surface area contributed by atoms with E-state index in [0.29, 0.717) is 28.9 Å². The molecule has 9 heteroatoms. The standard InChI is InChI=1S/C21H23F2N3O3.C4H11N.2H2/c1-3-13(2)19(28)17-10-21(22,23)12-26(17)18(27)11-25-20(29)15-8-9-24-16-7-5-4-6-14(15)16;1-4(2)5-3;;/h4-9,13,17H,3,10-12H2,1-2H3,(H,25,29);4-5H,1-3H3;2*1H. The van der Waals surface area contributed by atoms with E-state index >= 15 is 0 Å². The van der Waals surface area contributed by atoms with E-state index in [-0.39, 0.29) is 8.64 Å². The van der Waals surface area contributed by atoms with Crippen LogP contribution in [0.1, 0.15) is 53.7 Å². The molecule has 1 saturated heterocycles. The molecule has 2 heterocycles. The Bertz CT molecular complexity index is 1020. The normalized spacial score (nSPS) is 17.8. The van der Waals surface area contributed by atoms with Crippen molar-refractivity contribution in [2.24, 2.45) is 5.92 Å². The van der Waals surface area contributed by atoms with Gasteiger partial charge in [0.25, 0.3) is 11.8 Å². The number of nitrogens with zero attached hydrogens (tertiary/aromatic N) is 2. The molecule has 2 aromatic rings. The Labute approximate surface area is 202 Å². The molecular weight excluding hydrogens is 442 g/mol. The topological polar surface area (TPSA) is 91.4 Å². The van der Waals surface area contributed by atoms with Crippen LogP contribution in [-0.4, -0.2) is 65.6 Å². The van der Waals surface area contributed by atoms with Gasteiger partial charge in [-0.05, 0) is 25.6 Å². The van der Waals surface area contributed by atoms with E-state index in [4.69, 9.17) is 0 Å². The lowest BCUT2D eigenvalue weighted by Gasteiger charge is -2.25. The molecule has 1 aliphatic heterocycles. The Balaban J connectivity index is 0.00000160. The number of alkyl halides is 2. The van der Waals surface area contributed by atoms with Crippen LogP contribution in [-0.2, 0) is 9.59 Å². The number of hydrogen-bond donors (Lipinski definition) is 2. The summed E-state index contributed by atoms with van der Waals surface area (Å²) in [5, 5.41) is 6.13. The van der Waals surface area contributed by atoms with E-state index in [9.17, 15) is 23.2 Å². The first kappa shape index (κ1) is 27.3. The Morgan fingerprint density at radius 3 is 2.47 bits per heavy atom. The second-order valence-corrected chi connectivity index (χ2v) is 8.81. The van der Waals surface area contributed by atoms with Gasteiger partial charge < -0.3 is 15.5 Å². The second kappa shape index (κ2) is 12.0. The molecule has 1 aliphatic rings. The molecule has 34 heavy (non-hydrogen) atoms. The van der Waals surface area contributed by atoms with E-state index < -0.39 is 49.2 Å². The molecular formula is C25H38F2N4O3. The van der Waals surface area contributed by atoms with Crippen LogP contribution >= 0.6 is 0 Å². The molecule has 3 rings (SSSR count). The molecule has 0 bridgehead atoms. The average molecular weight is 481 g/mol. The van der Waals surface area contributed by atoms with Gasteiger partial charge in [-0.2, -0.15) is 0 Å².